The minimum absolute atomic E-state index is 0.0891. The predicted octanol–water partition coefficient (Wildman–Crippen LogP) is 5.98. The number of sulfonamides is 1. The Bertz CT molecular complexity index is 1710. The first kappa shape index (κ1) is 25.2. The molecule has 3 aromatic heterocycles. The summed E-state index contributed by atoms with van der Waals surface area (Å²) in [7, 11) is -3.86. The number of anilines is 2. The number of carbonyl (C=O) groups excluding carboxylic acids is 1. The highest BCUT2D eigenvalue weighted by molar-refractivity contribution is 7.92. The molecule has 0 aliphatic heterocycles. The molecule has 0 atom stereocenters. The van der Waals surface area contributed by atoms with Gasteiger partial charge < -0.3 is 10.3 Å². The maximum Gasteiger partial charge on any atom is 0.272 e. The third-order valence-electron chi connectivity index (χ3n) is 6.16. The van der Waals surface area contributed by atoms with Crippen molar-refractivity contribution in [2.24, 2.45) is 0 Å². The third kappa shape index (κ3) is 5.14. The quantitative estimate of drug-likeness (QED) is 0.252. The summed E-state index contributed by atoms with van der Waals surface area (Å²) in [6.45, 7) is 6.22. The maximum absolute atomic E-state index is 13.3. The van der Waals surface area contributed by atoms with Crippen molar-refractivity contribution >= 4 is 38.3 Å². The fourth-order valence-electron chi connectivity index (χ4n) is 4.18. The zero-order valence-corrected chi connectivity index (χ0v) is 22.0. The number of nitrogens with zero attached hydrogens (tertiary/aromatic N) is 2. The van der Waals surface area contributed by atoms with E-state index in [9.17, 15) is 13.2 Å². The lowest BCUT2D eigenvalue weighted by atomic mass is 9.87. The van der Waals surface area contributed by atoms with E-state index in [0.29, 0.717) is 28.0 Å². The Labute approximate surface area is 221 Å². The van der Waals surface area contributed by atoms with Crippen LogP contribution in [0.15, 0.2) is 96.3 Å². The average molecular weight is 526 g/mol. The van der Waals surface area contributed by atoms with Gasteiger partial charge in [-0.15, -0.1) is 0 Å². The van der Waals surface area contributed by atoms with Crippen LogP contribution in [0.5, 0.6) is 0 Å². The molecule has 0 radical (unpaired) electrons. The molecule has 38 heavy (non-hydrogen) atoms. The highest BCUT2D eigenvalue weighted by Crippen LogP contribution is 2.34. The van der Waals surface area contributed by atoms with Gasteiger partial charge in [-0.3, -0.25) is 14.5 Å². The molecule has 192 valence electrons. The zero-order valence-electron chi connectivity index (χ0n) is 21.2. The second kappa shape index (κ2) is 9.75. The van der Waals surface area contributed by atoms with E-state index < -0.39 is 10.0 Å². The minimum Gasteiger partial charge on any atom is -0.335 e. The number of fused-ring (bicyclic) bond motifs is 1. The van der Waals surface area contributed by atoms with Crippen molar-refractivity contribution in [1.82, 2.24) is 15.0 Å². The molecule has 0 aliphatic carbocycles. The molecule has 9 heteroatoms. The van der Waals surface area contributed by atoms with E-state index in [4.69, 9.17) is 0 Å². The summed E-state index contributed by atoms with van der Waals surface area (Å²) >= 11 is 0. The van der Waals surface area contributed by atoms with Crippen molar-refractivity contribution in [3.63, 3.8) is 0 Å². The van der Waals surface area contributed by atoms with Crippen LogP contribution < -0.4 is 10.0 Å². The third-order valence-corrected chi connectivity index (χ3v) is 7.56. The Morgan fingerprint density at radius 1 is 0.895 bits per heavy atom. The number of aromatic amines is 1. The van der Waals surface area contributed by atoms with Crippen LogP contribution in [0.2, 0.25) is 0 Å². The summed E-state index contributed by atoms with van der Waals surface area (Å²) in [6, 6.07) is 21.3. The van der Waals surface area contributed by atoms with Gasteiger partial charge in [0, 0.05) is 29.0 Å². The van der Waals surface area contributed by atoms with Gasteiger partial charge in [0.1, 0.15) is 11.3 Å². The molecule has 8 nitrogen and oxygen atoms in total. The molecular weight excluding hydrogens is 498 g/mol. The SMILES string of the molecule is CC(C)(C)c1ccc(S(=O)(=O)Nc2cnc3[nH]c(C(=O)Nc4ccncc4)c(-c4ccccc4)c3c2)cc1. The average Bonchev–Trinajstić information content (AvgIpc) is 3.28. The minimum atomic E-state index is -3.86. The molecule has 3 N–H and O–H groups in total. The van der Waals surface area contributed by atoms with E-state index in [1.54, 1.807) is 42.7 Å². The molecule has 5 rings (SSSR count). The lowest BCUT2D eigenvalue weighted by Crippen LogP contribution is -2.15. The van der Waals surface area contributed by atoms with Crippen molar-refractivity contribution in [3.05, 3.63) is 103 Å². The molecule has 0 saturated heterocycles. The van der Waals surface area contributed by atoms with E-state index >= 15 is 0 Å². The van der Waals surface area contributed by atoms with Crippen LogP contribution in [-0.4, -0.2) is 29.3 Å². The Morgan fingerprint density at radius 3 is 2.24 bits per heavy atom. The van der Waals surface area contributed by atoms with Gasteiger partial charge in [-0.1, -0.05) is 63.2 Å². The predicted molar refractivity (Wildman–Crippen MR) is 150 cm³/mol. The number of benzene rings is 2. The number of amides is 1. The van der Waals surface area contributed by atoms with E-state index in [1.165, 1.54) is 6.20 Å². The molecule has 2 aromatic carbocycles. The van der Waals surface area contributed by atoms with Crippen LogP contribution in [0.3, 0.4) is 0 Å². The van der Waals surface area contributed by atoms with Crippen LogP contribution >= 0.6 is 0 Å². The number of nitrogens with one attached hydrogen (secondary N) is 3. The fourth-order valence-corrected chi connectivity index (χ4v) is 5.21. The topological polar surface area (TPSA) is 117 Å². The lowest BCUT2D eigenvalue weighted by molar-refractivity contribution is 0.102. The molecule has 0 fully saturated rings. The lowest BCUT2D eigenvalue weighted by Gasteiger charge is -2.19. The summed E-state index contributed by atoms with van der Waals surface area (Å²) in [4.78, 5) is 24.9. The fraction of sp³-hybridized carbons (Fsp3) is 0.138. The Hall–Kier alpha value is -4.50. The highest BCUT2D eigenvalue weighted by atomic mass is 32.2. The van der Waals surface area contributed by atoms with E-state index in [-0.39, 0.29) is 21.9 Å². The van der Waals surface area contributed by atoms with Crippen molar-refractivity contribution < 1.29 is 13.2 Å². The van der Waals surface area contributed by atoms with Crippen LogP contribution in [0, 0.1) is 0 Å². The number of hydrogen-bond acceptors (Lipinski definition) is 5. The van der Waals surface area contributed by atoms with E-state index in [1.807, 2.05) is 42.5 Å². The zero-order chi connectivity index (χ0) is 26.9. The smallest absolute Gasteiger partial charge is 0.272 e. The normalized spacial score (nSPS) is 11.9. The first-order valence-electron chi connectivity index (χ1n) is 12.0. The second-order valence-corrected chi connectivity index (χ2v) is 11.6. The summed E-state index contributed by atoms with van der Waals surface area (Å²) < 4.78 is 28.9. The summed E-state index contributed by atoms with van der Waals surface area (Å²) in [5, 5.41) is 3.48. The van der Waals surface area contributed by atoms with Gasteiger partial charge in [0.05, 0.1) is 16.8 Å². The van der Waals surface area contributed by atoms with Gasteiger partial charge in [0.25, 0.3) is 15.9 Å². The number of pyridine rings is 2. The summed E-state index contributed by atoms with van der Waals surface area (Å²) in [5.74, 6) is -0.353. The maximum atomic E-state index is 13.3. The largest absolute Gasteiger partial charge is 0.335 e. The first-order valence-corrected chi connectivity index (χ1v) is 13.5. The number of carbonyl (C=O) groups is 1. The van der Waals surface area contributed by atoms with Crippen LogP contribution in [0.4, 0.5) is 11.4 Å². The molecule has 0 bridgehead atoms. The van der Waals surface area contributed by atoms with Crippen LogP contribution in [-0.2, 0) is 15.4 Å². The van der Waals surface area contributed by atoms with Crippen molar-refractivity contribution in [2.75, 3.05) is 10.0 Å². The van der Waals surface area contributed by atoms with Crippen molar-refractivity contribution in [1.29, 1.82) is 0 Å². The Balaban J connectivity index is 1.53. The summed E-state index contributed by atoms with van der Waals surface area (Å²) in [5.41, 5.74) is 4.02. The molecule has 0 saturated carbocycles. The number of rotatable bonds is 6. The van der Waals surface area contributed by atoms with Crippen molar-refractivity contribution in [3.8, 4) is 11.1 Å². The summed E-state index contributed by atoms with van der Waals surface area (Å²) in [6.07, 6.45) is 4.62. The molecule has 0 spiro atoms. The van der Waals surface area contributed by atoms with Gasteiger partial charge >= 0.3 is 0 Å². The molecule has 0 unspecified atom stereocenters. The van der Waals surface area contributed by atoms with E-state index in [2.05, 4.69) is 45.8 Å². The molecule has 0 aliphatic rings. The second-order valence-electron chi connectivity index (χ2n) is 9.93. The van der Waals surface area contributed by atoms with Crippen LogP contribution in [0.1, 0.15) is 36.8 Å². The van der Waals surface area contributed by atoms with E-state index in [0.717, 1.165) is 11.1 Å². The number of hydrogen-bond donors (Lipinski definition) is 3. The number of H-pyrrole nitrogens is 1. The molecular formula is C29H27N5O3S. The molecule has 1 amide bonds. The Morgan fingerprint density at radius 2 is 1.58 bits per heavy atom. The van der Waals surface area contributed by atoms with Gasteiger partial charge in [-0.25, -0.2) is 13.4 Å². The van der Waals surface area contributed by atoms with Gasteiger partial charge in [0.15, 0.2) is 0 Å². The van der Waals surface area contributed by atoms with Gasteiger partial charge in [-0.2, -0.15) is 0 Å². The molecule has 3 heterocycles. The monoisotopic (exact) mass is 525 g/mol. The molecule has 5 aromatic rings. The van der Waals surface area contributed by atoms with Crippen LogP contribution in [0.25, 0.3) is 22.2 Å². The number of aromatic nitrogens is 3. The van der Waals surface area contributed by atoms with Gasteiger partial charge in [0.2, 0.25) is 0 Å². The van der Waals surface area contributed by atoms with Gasteiger partial charge in [-0.05, 0) is 46.9 Å². The highest BCUT2D eigenvalue weighted by Gasteiger charge is 2.22. The standard InChI is InChI=1S/C29H27N5O3S/c1-29(2,3)20-9-11-23(12-10-20)38(36,37)34-22-17-24-25(19-7-5-4-6-8-19)26(33-27(24)31-18-22)28(35)32-21-13-15-30-16-14-21/h4-18,34H,1-3H3,(H,31,33)(H,30,32,35). The Kier molecular flexibility index (Phi) is 6.46. The first-order chi connectivity index (χ1) is 18.1. The van der Waals surface area contributed by atoms with Crippen molar-refractivity contribution in [2.45, 2.75) is 31.1 Å².